The highest BCUT2D eigenvalue weighted by atomic mass is 14.7. The summed E-state index contributed by atoms with van der Waals surface area (Å²) < 4.78 is 0. The van der Waals surface area contributed by atoms with Crippen LogP contribution in [0.15, 0.2) is 0 Å². The van der Waals surface area contributed by atoms with Gasteiger partial charge in [0.1, 0.15) is 0 Å². The zero-order chi connectivity index (χ0) is 10.5. The van der Waals surface area contributed by atoms with Gasteiger partial charge in [-0.3, -0.25) is 0 Å². The Labute approximate surface area is 84.1 Å². The summed E-state index contributed by atoms with van der Waals surface area (Å²) in [6, 6.07) is 0. The van der Waals surface area contributed by atoms with Crippen LogP contribution in [0.2, 0.25) is 0 Å². The summed E-state index contributed by atoms with van der Waals surface area (Å²) in [5, 5.41) is 0. The Balaban J connectivity index is 4.34. The summed E-state index contributed by atoms with van der Waals surface area (Å²) in [4.78, 5) is 0. The van der Waals surface area contributed by atoms with Gasteiger partial charge < -0.3 is 5.73 Å². The zero-order valence-electron chi connectivity index (χ0n) is 10.1. The molecule has 0 aromatic heterocycles. The summed E-state index contributed by atoms with van der Waals surface area (Å²) >= 11 is 0. The third-order valence-electron chi connectivity index (χ3n) is 3.38. The maximum atomic E-state index is 6.40. The van der Waals surface area contributed by atoms with Crippen molar-refractivity contribution in [2.24, 2.45) is 17.6 Å². The smallest absolute Gasteiger partial charge is 0.0177 e. The van der Waals surface area contributed by atoms with Crippen LogP contribution >= 0.6 is 0 Å². The van der Waals surface area contributed by atoms with E-state index in [1.54, 1.807) is 0 Å². The lowest BCUT2D eigenvalue weighted by Crippen LogP contribution is -2.46. The highest BCUT2D eigenvalue weighted by Gasteiger charge is 2.30. The van der Waals surface area contributed by atoms with Crippen LogP contribution in [0.4, 0.5) is 0 Å². The van der Waals surface area contributed by atoms with Crippen LogP contribution in [0.1, 0.15) is 60.3 Å². The largest absolute Gasteiger partial charge is 0.325 e. The summed E-state index contributed by atoms with van der Waals surface area (Å²) in [7, 11) is 0. The Morgan fingerprint density at radius 1 is 1.08 bits per heavy atom. The number of hydrogen-bond donors (Lipinski definition) is 1. The Bertz CT molecular complexity index is 125. The van der Waals surface area contributed by atoms with Gasteiger partial charge in [0.2, 0.25) is 0 Å². The molecule has 0 aromatic carbocycles. The fourth-order valence-corrected chi connectivity index (χ4v) is 2.20. The molecule has 0 aliphatic rings. The topological polar surface area (TPSA) is 26.0 Å². The molecule has 0 rings (SSSR count). The van der Waals surface area contributed by atoms with Gasteiger partial charge in [-0.25, -0.2) is 0 Å². The molecule has 0 heterocycles. The van der Waals surface area contributed by atoms with Gasteiger partial charge >= 0.3 is 0 Å². The summed E-state index contributed by atoms with van der Waals surface area (Å²) in [6.07, 6.45) is 4.70. The van der Waals surface area contributed by atoms with Crippen molar-refractivity contribution in [1.29, 1.82) is 0 Å². The van der Waals surface area contributed by atoms with E-state index in [4.69, 9.17) is 5.73 Å². The first-order valence-corrected chi connectivity index (χ1v) is 5.79. The van der Waals surface area contributed by atoms with Gasteiger partial charge in [0, 0.05) is 5.54 Å². The van der Waals surface area contributed by atoms with Crippen molar-refractivity contribution in [2.75, 3.05) is 0 Å². The molecule has 0 spiro atoms. The van der Waals surface area contributed by atoms with Gasteiger partial charge in [-0.1, -0.05) is 41.0 Å². The number of hydrogen-bond acceptors (Lipinski definition) is 1. The van der Waals surface area contributed by atoms with Crippen molar-refractivity contribution >= 4 is 0 Å². The lowest BCUT2D eigenvalue weighted by molar-refractivity contribution is 0.210. The van der Waals surface area contributed by atoms with Gasteiger partial charge in [-0.05, 0) is 31.1 Å². The van der Waals surface area contributed by atoms with Crippen molar-refractivity contribution < 1.29 is 0 Å². The van der Waals surface area contributed by atoms with Gasteiger partial charge in [-0.2, -0.15) is 0 Å². The maximum Gasteiger partial charge on any atom is 0.0177 e. The quantitative estimate of drug-likeness (QED) is 0.672. The molecule has 0 bridgehead atoms. The average molecular weight is 185 g/mol. The number of rotatable bonds is 6. The van der Waals surface area contributed by atoms with Crippen LogP contribution in [0.3, 0.4) is 0 Å². The van der Waals surface area contributed by atoms with Crippen LogP contribution in [-0.2, 0) is 0 Å². The van der Waals surface area contributed by atoms with Crippen LogP contribution in [0, 0.1) is 11.8 Å². The van der Waals surface area contributed by atoms with E-state index in [1.807, 2.05) is 0 Å². The van der Waals surface area contributed by atoms with Crippen LogP contribution in [0.5, 0.6) is 0 Å². The molecular formula is C12H27N. The van der Waals surface area contributed by atoms with Crippen molar-refractivity contribution in [1.82, 2.24) is 0 Å². The molecule has 0 fully saturated rings. The molecule has 0 radical (unpaired) electrons. The predicted molar refractivity (Wildman–Crippen MR) is 60.7 cm³/mol. The fraction of sp³-hybridized carbons (Fsp3) is 1.00. The molecule has 1 atom stereocenters. The van der Waals surface area contributed by atoms with E-state index in [2.05, 4.69) is 34.6 Å². The Morgan fingerprint density at radius 3 is 1.77 bits per heavy atom. The molecule has 2 N–H and O–H groups in total. The monoisotopic (exact) mass is 185 g/mol. The van der Waals surface area contributed by atoms with E-state index in [9.17, 15) is 0 Å². The average Bonchev–Trinajstić information content (AvgIpc) is 2.12. The molecular weight excluding hydrogens is 158 g/mol. The summed E-state index contributed by atoms with van der Waals surface area (Å²) in [6.45, 7) is 11.3. The first-order chi connectivity index (χ1) is 6.00. The van der Waals surface area contributed by atoms with E-state index in [0.717, 1.165) is 18.8 Å². The standard InChI is InChI=1S/C12H27N/c1-6-11(9-10(4)5)12(13,7-2)8-3/h10-11H,6-9,13H2,1-5H3. The van der Waals surface area contributed by atoms with E-state index < -0.39 is 0 Å². The van der Waals surface area contributed by atoms with Crippen LogP contribution in [0.25, 0.3) is 0 Å². The summed E-state index contributed by atoms with van der Waals surface area (Å²) in [5.41, 5.74) is 6.48. The fourth-order valence-electron chi connectivity index (χ4n) is 2.20. The minimum Gasteiger partial charge on any atom is -0.325 e. The highest BCUT2D eigenvalue weighted by molar-refractivity contribution is 4.88. The third-order valence-corrected chi connectivity index (χ3v) is 3.38. The molecule has 0 amide bonds. The Hall–Kier alpha value is -0.0400. The Kier molecular flexibility index (Phi) is 5.62. The molecule has 80 valence electrons. The second kappa shape index (κ2) is 5.64. The van der Waals surface area contributed by atoms with Crippen LogP contribution in [-0.4, -0.2) is 5.54 Å². The van der Waals surface area contributed by atoms with Gasteiger partial charge in [0.15, 0.2) is 0 Å². The lowest BCUT2D eigenvalue weighted by atomic mass is 9.75. The zero-order valence-corrected chi connectivity index (χ0v) is 10.1. The predicted octanol–water partition coefficient (Wildman–Crippen LogP) is 3.58. The molecule has 13 heavy (non-hydrogen) atoms. The maximum absolute atomic E-state index is 6.40. The normalized spacial score (nSPS) is 15.0. The molecule has 1 nitrogen and oxygen atoms in total. The van der Waals surface area contributed by atoms with Crippen molar-refractivity contribution in [3.63, 3.8) is 0 Å². The lowest BCUT2D eigenvalue weighted by Gasteiger charge is -2.36. The first kappa shape index (κ1) is 13.0. The first-order valence-electron chi connectivity index (χ1n) is 5.79. The summed E-state index contributed by atoms with van der Waals surface area (Å²) in [5.74, 6) is 1.47. The van der Waals surface area contributed by atoms with E-state index in [-0.39, 0.29) is 5.54 Å². The van der Waals surface area contributed by atoms with Crippen molar-refractivity contribution in [3.05, 3.63) is 0 Å². The number of nitrogens with two attached hydrogens (primary N) is 1. The van der Waals surface area contributed by atoms with Gasteiger partial charge in [0.25, 0.3) is 0 Å². The molecule has 1 unspecified atom stereocenters. The van der Waals surface area contributed by atoms with E-state index in [0.29, 0.717) is 5.92 Å². The van der Waals surface area contributed by atoms with E-state index >= 15 is 0 Å². The molecule has 0 aliphatic carbocycles. The van der Waals surface area contributed by atoms with Crippen LogP contribution < -0.4 is 5.73 Å². The van der Waals surface area contributed by atoms with Gasteiger partial charge in [0.05, 0.1) is 0 Å². The molecule has 0 saturated carbocycles. The second-order valence-electron chi connectivity index (χ2n) is 4.67. The second-order valence-corrected chi connectivity index (χ2v) is 4.67. The molecule has 0 aromatic rings. The highest BCUT2D eigenvalue weighted by Crippen LogP contribution is 2.30. The minimum atomic E-state index is 0.0824. The van der Waals surface area contributed by atoms with Gasteiger partial charge in [-0.15, -0.1) is 0 Å². The molecule has 1 heteroatoms. The van der Waals surface area contributed by atoms with Crippen molar-refractivity contribution in [3.8, 4) is 0 Å². The van der Waals surface area contributed by atoms with Crippen molar-refractivity contribution in [2.45, 2.75) is 65.8 Å². The third kappa shape index (κ3) is 3.68. The SMILES string of the molecule is CCC(CC(C)C)C(N)(CC)CC. The Morgan fingerprint density at radius 2 is 1.54 bits per heavy atom. The molecule has 0 saturated heterocycles. The molecule has 0 aliphatic heterocycles. The van der Waals surface area contributed by atoms with E-state index in [1.165, 1.54) is 12.8 Å². The minimum absolute atomic E-state index is 0.0824.